The van der Waals surface area contributed by atoms with Crippen molar-refractivity contribution in [2.75, 3.05) is 5.75 Å². The van der Waals surface area contributed by atoms with Crippen molar-refractivity contribution < 1.29 is 4.79 Å². The van der Waals surface area contributed by atoms with E-state index in [1.807, 2.05) is 30.0 Å². The lowest BCUT2D eigenvalue weighted by Crippen LogP contribution is -2.48. The summed E-state index contributed by atoms with van der Waals surface area (Å²) in [6.45, 7) is 6.68. The molecule has 2 heterocycles. The Morgan fingerprint density at radius 1 is 1.33 bits per heavy atom. The Morgan fingerprint density at radius 3 is 2.78 bits per heavy atom. The fraction of sp³-hybridized carbons (Fsp3) is 0.533. The van der Waals surface area contributed by atoms with Gasteiger partial charge in [-0.2, -0.15) is 0 Å². The van der Waals surface area contributed by atoms with Crippen molar-refractivity contribution in [2.24, 2.45) is 5.92 Å². The van der Waals surface area contributed by atoms with Gasteiger partial charge >= 0.3 is 0 Å². The maximum atomic E-state index is 12.7. The predicted octanol–water partition coefficient (Wildman–Crippen LogP) is 3.34. The van der Waals surface area contributed by atoms with Gasteiger partial charge in [-0.3, -0.25) is 4.79 Å². The zero-order chi connectivity index (χ0) is 12.9. The monoisotopic (exact) mass is 261 g/mol. The van der Waals surface area contributed by atoms with Crippen LogP contribution in [0.15, 0.2) is 24.3 Å². The molecule has 0 radical (unpaired) electrons. The van der Waals surface area contributed by atoms with Gasteiger partial charge in [0.15, 0.2) is 0 Å². The normalized spacial score (nSPS) is 30.6. The number of amides is 1. The maximum absolute atomic E-state index is 12.7. The Bertz CT molecular complexity index is 485. The first-order chi connectivity index (χ1) is 8.61. The van der Waals surface area contributed by atoms with Crippen LogP contribution in [-0.4, -0.2) is 28.0 Å². The van der Waals surface area contributed by atoms with Gasteiger partial charge in [-0.05, 0) is 17.5 Å². The second-order valence-electron chi connectivity index (χ2n) is 5.62. The molecule has 0 aromatic heterocycles. The number of hydrogen-bond acceptors (Lipinski definition) is 2. The molecule has 1 fully saturated rings. The summed E-state index contributed by atoms with van der Waals surface area (Å²) in [6, 6.07) is 8.49. The summed E-state index contributed by atoms with van der Waals surface area (Å²) in [5.41, 5.74) is 2.13. The molecular weight excluding hydrogens is 242 g/mol. The number of carbonyl (C=O) groups excluding carboxylic acids is 1. The van der Waals surface area contributed by atoms with E-state index in [1.165, 1.54) is 5.56 Å². The van der Waals surface area contributed by atoms with Crippen LogP contribution in [0.1, 0.15) is 42.6 Å². The van der Waals surface area contributed by atoms with E-state index < -0.39 is 0 Å². The van der Waals surface area contributed by atoms with Gasteiger partial charge in [0.2, 0.25) is 0 Å². The lowest BCUT2D eigenvalue weighted by atomic mass is 9.88. The van der Waals surface area contributed by atoms with Gasteiger partial charge in [0.05, 0.1) is 5.37 Å². The first-order valence-corrected chi connectivity index (χ1v) is 7.69. The zero-order valence-corrected chi connectivity index (χ0v) is 11.9. The molecule has 0 N–H and O–H groups in total. The van der Waals surface area contributed by atoms with E-state index in [0.717, 1.165) is 11.3 Å². The molecular formula is C15H19NOS. The van der Waals surface area contributed by atoms with Crippen LogP contribution in [0, 0.1) is 5.92 Å². The van der Waals surface area contributed by atoms with E-state index in [-0.39, 0.29) is 5.91 Å². The van der Waals surface area contributed by atoms with Crippen LogP contribution >= 0.6 is 11.8 Å². The molecule has 0 aliphatic carbocycles. The zero-order valence-electron chi connectivity index (χ0n) is 11.1. The van der Waals surface area contributed by atoms with E-state index >= 15 is 0 Å². The summed E-state index contributed by atoms with van der Waals surface area (Å²) >= 11 is 1.94. The molecule has 2 nitrogen and oxygen atoms in total. The van der Waals surface area contributed by atoms with Gasteiger partial charge in [-0.15, -0.1) is 11.8 Å². The van der Waals surface area contributed by atoms with E-state index in [2.05, 4.69) is 31.7 Å². The van der Waals surface area contributed by atoms with Crippen LogP contribution in [-0.2, 0) is 0 Å². The molecule has 3 heteroatoms. The summed E-state index contributed by atoms with van der Waals surface area (Å²) in [5, 5.41) is 0.333. The largest absolute Gasteiger partial charge is 0.322 e. The first-order valence-electron chi connectivity index (χ1n) is 6.64. The van der Waals surface area contributed by atoms with Crippen LogP contribution in [0.3, 0.4) is 0 Å². The second-order valence-corrected chi connectivity index (χ2v) is 6.77. The Hall–Kier alpha value is -0.960. The molecule has 0 bridgehead atoms. The van der Waals surface area contributed by atoms with Crippen molar-refractivity contribution in [1.29, 1.82) is 0 Å². The average molecular weight is 261 g/mol. The van der Waals surface area contributed by atoms with Gasteiger partial charge in [-0.25, -0.2) is 0 Å². The lowest BCUT2D eigenvalue weighted by Gasteiger charge is -2.39. The SMILES string of the molecule is CC(C)[C@H]1CS[C@H]2[C@H](C)c3ccccc3C(=O)N12. The van der Waals surface area contributed by atoms with Crippen LogP contribution in [0.4, 0.5) is 0 Å². The minimum absolute atomic E-state index is 0.234. The Balaban J connectivity index is 2.06. The highest BCUT2D eigenvalue weighted by Gasteiger charge is 2.46. The number of nitrogens with zero attached hydrogens (tertiary/aromatic N) is 1. The number of fused-ring (bicyclic) bond motifs is 2. The minimum Gasteiger partial charge on any atom is -0.322 e. The van der Waals surface area contributed by atoms with Crippen molar-refractivity contribution in [2.45, 2.75) is 38.1 Å². The molecule has 1 aromatic carbocycles. The number of thioether (sulfide) groups is 1. The van der Waals surface area contributed by atoms with Crippen molar-refractivity contribution in [3.05, 3.63) is 35.4 Å². The topological polar surface area (TPSA) is 20.3 Å². The summed E-state index contributed by atoms with van der Waals surface area (Å²) < 4.78 is 0. The van der Waals surface area contributed by atoms with E-state index in [9.17, 15) is 4.79 Å². The molecule has 2 aliphatic heterocycles. The number of carbonyl (C=O) groups is 1. The quantitative estimate of drug-likeness (QED) is 0.772. The van der Waals surface area contributed by atoms with Gasteiger partial charge in [-0.1, -0.05) is 39.0 Å². The van der Waals surface area contributed by atoms with E-state index in [1.54, 1.807) is 0 Å². The molecule has 1 aromatic rings. The summed E-state index contributed by atoms with van der Waals surface area (Å²) in [6.07, 6.45) is 0. The van der Waals surface area contributed by atoms with Gasteiger partial charge in [0.1, 0.15) is 0 Å². The van der Waals surface area contributed by atoms with Gasteiger partial charge < -0.3 is 4.90 Å². The van der Waals surface area contributed by atoms with Crippen molar-refractivity contribution in [3.63, 3.8) is 0 Å². The molecule has 0 spiro atoms. The molecule has 1 saturated heterocycles. The van der Waals surface area contributed by atoms with Gasteiger partial charge in [0, 0.05) is 23.3 Å². The van der Waals surface area contributed by atoms with Crippen LogP contribution in [0.2, 0.25) is 0 Å². The molecule has 96 valence electrons. The molecule has 3 atom stereocenters. The molecule has 18 heavy (non-hydrogen) atoms. The van der Waals surface area contributed by atoms with Crippen molar-refractivity contribution in [1.82, 2.24) is 4.90 Å². The Labute approximate surface area is 113 Å². The van der Waals surface area contributed by atoms with E-state index in [0.29, 0.717) is 23.3 Å². The first kappa shape index (κ1) is 12.1. The van der Waals surface area contributed by atoms with Gasteiger partial charge in [0.25, 0.3) is 5.91 Å². The highest BCUT2D eigenvalue weighted by Crippen LogP contribution is 2.45. The van der Waals surface area contributed by atoms with Crippen molar-refractivity contribution in [3.8, 4) is 0 Å². The minimum atomic E-state index is 0.234. The van der Waals surface area contributed by atoms with Crippen LogP contribution in [0.25, 0.3) is 0 Å². The number of benzene rings is 1. The van der Waals surface area contributed by atoms with Crippen LogP contribution in [0.5, 0.6) is 0 Å². The molecule has 1 amide bonds. The molecule has 2 aliphatic rings. The highest BCUT2D eigenvalue weighted by atomic mass is 32.2. The molecule has 0 saturated carbocycles. The standard InChI is InChI=1S/C15H19NOS/c1-9(2)13-8-18-15-10(3)11-6-4-5-7-12(11)14(17)16(13)15/h4-7,9-10,13,15H,8H2,1-3H3/t10-,13-,15+/m1/s1. The number of rotatable bonds is 1. The fourth-order valence-corrected chi connectivity index (χ4v) is 4.88. The Kier molecular flexibility index (Phi) is 2.89. The second kappa shape index (κ2) is 4.30. The third-order valence-electron chi connectivity index (χ3n) is 4.18. The smallest absolute Gasteiger partial charge is 0.255 e. The lowest BCUT2D eigenvalue weighted by molar-refractivity contribution is 0.0606. The summed E-state index contributed by atoms with van der Waals surface area (Å²) in [5.74, 6) is 2.28. The summed E-state index contributed by atoms with van der Waals surface area (Å²) in [7, 11) is 0. The summed E-state index contributed by atoms with van der Waals surface area (Å²) in [4.78, 5) is 14.8. The predicted molar refractivity (Wildman–Crippen MR) is 75.9 cm³/mol. The van der Waals surface area contributed by atoms with E-state index in [4.69, 9.17) is 0 Å². The molecule has 0 unspecified atom stereocenters. The maximum Gasteiger partial charge on any atom is 0.255 e. The molecule has 3 rings (SSSR count). The third-order valence-corrected chi connectivity index (χ3v) is 5.69. The number of hydrogen-bond donors (Lipinski definition) is 0. The fourth-order valence-electron chi connectivity index (χ4n) is 3.09. The Morgan fingerprint density at radius 2 is 2.06 bits per heavy atom. The third kappa shape index (κ3) is 1.60. The van der Waals surface area contributed by atoms with Crippen molar-refractivity contribution >= 4 is 17.7 Å². The average Bonchev–Trinajstić information content (AvgIpc) is 2.81. The van der Waals surface area contributed by atoms with Crippen LogP contribution < -0.4 is 0 Å². The highest BCUT2D eigenvalue weighted by molar-refractivity contribution is 8.00.